The molecule has 148 valence electrons. The zero-order valence-electron chi connectivity index (χ0n) is 15.4. The van der Waals surface area contributed by atoms with Gasteiger partial charge in [0.25, 0.3) is 0 Å². The number of ether oxygens (including phenoxy) is 2. The molecule has 26 heavy (non-hydrogen) atoms. The number of rotatable bonds is 6. The Labute approximate surface area is 151 Å². The molecule has 0 radical (unpaired) electrons. The van der Waals surface area contributed by atoms with Crippen molar-refractivity contribution >= 4 is 11.9 Å². The van der Waals surface area contributed by atoms with E-state index in [0.717, 1.165) is 19.3 Å². The highest BCUT2D eigenvalue weighted by molar-refractivity contribution is 5.78. The van der Waals surface area contributed by atoms with Crippen LogP contribution in [0.25, 0.3) is 0 Å². The van der Waals surface area contributed by atoms with Gasteiger partial charge in [0, 0.05) is 0 Å². The normalized spacial score (nSPS) is 35.0. The molecule has 4 fully saturated rings. The second-order valence-corrected chi connectivity index (χ2v) is 8.86. The largest absolute Gasteiger partial charge is 0.464 e. The van der Waals surface area contributed by atoms with Crippen molar-refractivity contribution in [3.05, 3.63) is 0 Å². The Morgan fingerprint density at radius 2 is 1.54 bits per heavy atom. The predicted octanol–water partition coefficient (Wildman–Crippen LogP) is 4.41. The van der Waals surface area contributed by atoms with Crippen molar-refractivity contribution < 1.29 is 32.2 Å². The van der Waals surface area contributed by atoms with E-state index in [0.29, 0.717) is 24.2 Å². The lowest BCUT2D eigenvalue weighted by molar-refractivity contribution is -0.200. The smallest absolute Gasteiger partial charge is 0.399 e. The molecule has 4 aliphatic rings. The van der Waals surface area contributed by atoms with Crippen LogP contribution >= 0.6 is 0 Å². The zero-order valence-corrected chi connectivity index (χ0v) is 15.4. The Hall–Kier alpha value is -1.27. The summed E-state index contributed by atoms with van der Waals surface area (Å²) < 4.78 is 47.5. The van der Waals surface area contributed by atoms with Gasteiger partial charge in [-0.1, -0.05) is 6.92 Å². The van der Waals surface area contributed by atoms with E-state index in [2.05, 4.69) is 0 Å². The maximum Gasteiger partial charge on any atom is 0.399 e. The van der Waals surface area contributed by atoms with Gasteiger partial charge in [-0.05, 0) is 69.6 Å². The first kappa shape index (κ1) is 19.5. The molecule has 4 bridgehead atoms. The molecule has 0 saturated heterocycles. The second kappa shape index (κ2) is 6.71. The summed E-state index contributed by atoms with van der Waals surface area (Å²) in [5.41, 5.74) is -1.54. The zero-order chi connectivity index (χ0) is 19.2. The van der Waals surface area contributed by atoms with Gasteiger partial charge in [0.15, 0.2) is 0 Å². The Morgan fingerprint density at radius 3 is 1.96 bits per heavy atom. The van der Waals surface area contributed by atoms with Crippen LogP contribution in [0.3, 0.4) is 0 Å². The monoisotopic (exact) mass is 376 g/mol. The fourth-order valence-electron chi connectivity index (χ4n) is 5.24. The molecule has 0 amide bonds. The van der Waals surface area contributed by atoms with Crippen molar-refractivity contribution in [3.63, 3.8) is 0 Å². The number of hydrogen-bond donors (Lipinski definition) is 0. The fraction of sp³-hybridized carbons (Fsp3) is 0.895. The summed E-state index contributed by atoms with van der Waals surface area (Å²) >= 11 is 0. The first-order chi connectivity index (χ1) is 12.0. The van der Waals surface area contributed by atoms with E-state index < -0.39 is 35.6 Å². The maximum absolute atomic E-state index is 12.8. The van der Waals surface area contributed by atoms with E-state index >= 15 is 0 Å². The second-order valence-electron chi connectivity index (χ2n) is 8.86. The highest BCUT2D eigenvalue weighted by Gasteiger charge is 2.54. The van der Waals surface area contributed by atoms with Crippen LogP contribution in [0.15, 0.2) is 0 Å². The Balaban J connectivity index is 1.60. The number of halogens is 3. The minimum absolute atomic E-state index is 0.331. The third-order valence-electron chi connectivity index (χ3n) is 6.46. The number of hydrogen-bond acceptors (Lipinski definition) is 4. The molecule has 1 unspecified atom stereocenters. The Kier molecular flexibility index (Phi) is 5.03. The Morgan fingerprint density at radius 1 is 1.04 bits per heavy atom. The first-order valence-electron chi connectivity index (χ1n) is 9.48. The molecule has 0 heterocycles. The van der Waals surface area contributed by atoms with E-state index in [1.807, 2.05) is 0 Å². The van der Waals surface area contributed by atoms with Crippen LogP contribution in [0.1, 0.15) is 65.2 Å². The molecule has 4 aliphatic carbocycles. The van der Waals surface area contributed by atoms with Gasteiger partial charge < -0.3 is 9.47 Å². The van der Waals surface area contributed by atoms with Gasteiger partial charge in [-0.15, -0.1) is 0 Å². The first-order valence-corrected chi connectivity index (χ1v) is 9.48. The van der Waals surface area contributed by atoms with Gasteiger partial charge in [-0.25, -0.2) is 0 Å². The highest BCUT2D eigenvalue weighted by atomic mass is 19.4. The van der Waals surface area contributed by atoms with Gasteiger partial charge in [-0.2, -0.15) is 13.2 Å². The quantitative estimate of drug-likeness (QED) is 0.645. The summed E-state index contributed by atoms with van der Waals surface area (Å²) in [4.78, 5) is 24.2. The van der Waals surface area contributed by atoms with Gasteiger partial charge in [0.1, 0.15) is 18.6 Å². The van der Waals surface area contributed by atoms with Crippen LogP contribution < -0.4 is 0 Å². The van der Waals surface area contributed by atoms with E-state index in [9.17, 15) is 22.8 Å². The fourth-order valence-corrected chi connectivity index (χ4v) is 5.24. The van der Waals surface area contributed by atoms with Crippen molar-refractivity contribution in [2.75, 3.05) is 6.61 Å². The molecule has 0 N–H and O–H groups in total. The summed E-state index contributed by atoms with van der Waals surface area (Å²) in [6, 6.07) is 0. The molecule has 4 saturated carbocycles. The lowest BCUT2D eigenvalue weighted by Crippen LogP contribution is -2.54. The van der Waals surface area contributed by atoms with E-state index in [1.165, 1.54) is 19.3 Å². The maximum atomic E-state index is 12.8. The number of esters is 2. The standard InChI is InChI=1S/C19H27F3O4/c1-3-17(2,11-25-15(23)10-19(20,21)22)16(24)26-18-7-12-4-13(8-18)6-14(5-12)9-18/h12-14H,3-11H2,1-2H3. The van der Waals surface area contributed by atoms with Gasteiger partial charge >= 0.3 is 18.1 Å². The van der Waals surface area contributed by atoms with Crippen LogP contribution in [0.2, 0.25) is 0 Å². The summed E-state index contributed by atoms with van der Waals surface area (Å²) in [5, 5.41) is 0. The minimum Gasteiger partial charge on any atom is -0.464 e. The molecule has 0 aromatic carbocycles. The summed E-state index contributed by atoms with van der Waals surface area (Å²) in [6.07, 6.45) is 0.396. The van der Waals surface area contributed by atoms with E-state index in [-0.39, 0.29) is 6.61 Å². The Bertz CT molecular complexity index is 536. The average Bonchev–Trinajstić information content (AvgIpc) is 2.49. The van der Waals surface area contributed by atoms with Gasteiger partial charge in [0.05, 0.1) is 5.41 Å². The van der Waals surface area contributed by atoms with Crippen molar-refractivity contribution in [1.29, 1.82) is 0 Å². The molecule has 0 spiro atoms. The van der Waals surface area contributed by atoms with Crippen molar-refractivity contribution in [2.45, 2.75) is 77.0 Å². The third kappa shape index (κ3) is 4.17. The van der Waals surface area contributed by atoms with E-state index in [4.69, 9.17) is 9.47 Å². The topological polar surface area (TPSA) is 52.6 Å². The van der Waals surface area contributed by atoms with Crippen molar-refractivity contribution in [1.82, 2.24) is 0 Å². The van der Waals surface area contributed by atoms with Crippen molar-refractivity contribution in [2.24, 2.45) is 23.2 Å². The van der Waals surface area contributed by atoms with Crippen LogP contribution in [0.5, 0.6) is 0 Å². The average molecular weight is 376 g/mol. The predicted molar refractivity (Wildman–Crippen MR) is 87.0 cm³/mol. The minimum atomic E-state index is -4.61. The van der Waals surface area contributed by atoms with Crippen LogP contribution in [0.4, 0.5) is 13.2 Å². The molecule has 0 aliphatic heterocycles. The molecule has 7 heteroatoms. The SMILES string of the molecule is CCC(C)(COC(=O)CC(F)(F)F)C(=O)OC12CC3CC(CC(C3)C1)C2. The number of alkyl halides is 3. The van der Waals surface area contributed by atoms with Crippen LogP contribution in [-0.4, -0.2) is 30.3 Å². The number of carbonyl (C=O) groups is 2. The lowest BCUT2D eigenvalue weighted by Gasteiger charge is -2.56. The van der Waals surface area contributed by atoms with Gasteiger partial charge in [0.2, 0.25) is 0 Å². The summed E-state index contributed by atoms with van der Waals surface area (Å²) in [7, 11) is 0. The number of carbonyl (C=O) groups excluding carboxylic acids is 2. The summed E-state index contributed by atoms with van der Waals surface area (Å²) in [5.74, 6) is 0.0335. The highest BCUT2D eigenvalue weighted by Crippen LogP contribution is 2.57. The van der Waals surface area contributed by atoms with Crippen molar-refractivity contribution in [3.8, 4) is 0 Å². The molecule has 4 rings (SSSR count). The molecule has 4 nitrogen and oxygen atoms in total. The lowest BCUT2D eigenvalue weighted by atomic mass is 9.54. The third-order valence-corrected chi connectivity index (χ3v) is 6.46. The van der Waals surface area contributed by atoms with Crippen LogP contribution in [0, 0.1) is 23.2 Å². The molecule has 1 atom stereocenters. The molecular weight excluding hydrogens is 349 g/mol. The van der Waals surface area contributed by atoms with Crippen LogP contribution in [-0.2, 0) is 19.1 Å². The molecular formula is C19H27F3O4. The van der Waals surface area contributed by atoms with Gasteiger partial charge in [-0.3, -0.25) is 9.59 Å². The molecule has 0 aromatic rings. The van der Waals surface area contributed by atoms with E-state index in [1.54, 1.807) is 13.8 Å². The summed E-state index contributed by atoms with van der Waals surface area (Å²) in [6.45, 7) is 2.96. The molecule has 0 aromatic heterocycles.